The third-order valence-corrected chi connectivity index (χ3v) is 4.41. The van der Waals surface area contributed by atoms with E-state index in [1.165, 1.54) is 11.3 Å². The maximum atomic E-state index is 4.50. The summed E-state index contributed by atoms with van der Waals surface area (Å²) in [5.74, 6) is 0.862. The average molecular weight is 306 g/mol. The number of nitrogens with one attached hydrogen (secondary N) is 1. The zero-order valence-corrected chi connectivity index (χ0v) is 12.8. The molecular formula is C17H14N4S. The van der Waals surface area contributed by atoms with E-state index in [1.807, 2.05) is 24.4 Å². The fraction of sp³-hybridized carbons (Fsp3) is 0.0588. The van der Waals surface area contributed by atoms with Crippen molar-refractivity contribution in [1.29, 1.82) is 0 Å². The number of thiophene rings is 1. The molecule has 5 heteroatoms. The van der Waals surface area contributed by atoms with Crippen LogP contribution in [0.5, 0.6) is 0 Å². The molecule has 1 N–H and O–H groups in total. The number of rotatable bonds is 3. The smallest absolute Gasteiger partial charge is 0.139 e. The first-order chi connectivity index (χ1) is 10.8. The van der Waals surface area contributed by atoms with Crippen LogP contribution in [0.15, 0.2) is 59.7 Å². The van der Waals surface area contributed by atoms with Crippen LogP contribution < -0.4 is 5.32 Å². The highest BCUT2D eigenvalue weighted by Crippen LogP contribution is 2.32. The molecule has 0 spiro atoms. The lowest BCUT2D eigenvalue weighted by atomic mass is 10.2. The number of aromatic nitrogens is 3. The van der Waals surface area contributed by atoms with Crippen molar-refractivity contribution in [2.45, 2.75) is 0 Å². The molecule has 0 fully saturated rings. The molecule has 0 atom stereocenters. The predicted octanol–water partition coefficient (Wildman–Crippen LogP) is 4.44. The normalized spacial score (nSPS) is 11.0. The van der Waals surface area contributed by atoms with Crippen LogP contribution in [0.25, 0.3) is 22.2 Å². The van der Waals surface area contributed by atoms with Crippen molar-refractivity contribution in [3.05, 3.63) is 59.7 Å². The van der Waals surface area contributed by atoms with Crippen molar-refractivity contribution in [3.8, 4) is 11.3 Å². The van der Waals surface area contributed by atoms with E-state index in [-0.39, 0.29) is 0 Å². The van der Waals surface area contributed by atoms with E-state index in [9.17, 15) is 0 Å². The second-order valence-electron chi connectivity index (χ2n) is 5.05. The van der Waals surface area contributed by atoms with Crippen LogP contribution >= 0.6 is 11.3 Å². The molecule has 0 aliphatic carbocycles. The van der Waals surface area contributed by atoms with E-state index in [0.717, 1.165) is 22.4 Å². The summed E-state index contributed by atoms with van der Waals surface area (Å²) >= 11 is 1.71. The second-order valence-corrected chi connectivity index (χ2v) is 5.83. The van der Waals surface area contributed by atoms with Crippen LogP contribution in [0.3, 0.4) is 0 Å². The summed E-state index contributed by atoms with van der Waals surface area (Å²) in [6, 6.07) is 10.2. The molecule has 4 heterocycles. The van der Waals surface area contributed by atoms with Gasteiger partial charge in [-0.1, -0.05) is 0 Å². The molecule has 22 heavy (non-hydrogen) atoms. The van der Waals surface area contributed by atoms with E-state index in [2.05, 4.69) is 49.8 Å². The second kappa shape index (κ2) is 5.27. The number of fused-ring (bicyclic) bond motifs is 1. The van der Waals surface area contributed by atoms with Gasteiger partial charge in [0.2, 0.25) is 0 Å². The zero-order valence-electron chi connectivity index (χ0n) is 12.0. The lowest BCUT2D eigenvalue weighted by molar-refractivity contribution is 0.978. The van der Waals surface area contributed by atoms with Gasteiger partial charge in [-0.15, -0.1) is 0 Å². The summed E-state index contributed by atoms with van der Waals surface area (Å²) < 4.78 is 2.21. The lowest BCUT2D eigenvalue weighted by Crippen LogP contribution is -1.95. The highest BCUT2D eigenvalue weighted by Gasteiger charge is 2.12. The van der Waals surface area contributed by atoms with Gasteiger partial charge in [0.25, 0.3) is 0 Å². The molecule has 0 amide bonds. The Morgan fingerprint density at radius 1 is 1.09 bits per heavy atom. The van der Waals surface area contributed by atoms with Crippen molar-refractivity contribution >= 4 is 33.7 Å². The number of anilines is 2. The Labute approximate surface area is 132 Å². The van der Waals surface area contributed by atoms with Gasteiger partial charge in [-0.3, -0.25) is 4.98 Å². The van der Waals surface area contributed by atoms with Crippen LogP contribution in [0.4, 0.5) is 11.5 Å². The molecule has 4 nitrogen and oxygen atoms in total. The Kier molecular flexibility index (Phi) is 3.12. The topological polar surface area (TPSA) is 42.7 Å². The lowest BCUT2D eigenvalue weighted by Gasteiger charge is -2.06. The van der Waals surface area contributed by atoms with Gasteiger partial charge in [0.05, 0.1) is 5.52 Å². The van der Waals surface area contributed by atoms with Crippen molar-refractivity contribution in [2.24, 2.45) is 7.05 Å². The van der Waals surface area contributed by atoms with E-state index in [1.54, 1.807) is 23.7 Å². The molecule has 0 saturated carbocycles. The molecule has 0 radical (unpaired) electrons. The van der Waals surface area contributed by atoms with Gasteiger partial charge in [0, 0.05) is 53.3 Å². The Hall–Kier alpha value is -2.66. The van der Waals surface area contributed by atoms with Gasteiger partial charge in [-0.25, -0.2) is 4.98 Å². The standard InChI is InChI=1S/C17H14N4S/c1-21-15-4-8-19-17(20-13-2-6-18-7-3-13)14(15)10-16(21)12-5-9-22-11-12/h2-11H,1H3,(H,18,19,20). The third kappa shape index (κ3) is 2.16. The minimum atomic E-state index is 0.862. The number of hydrogen-bond donors (Lipinski definition) is 1. The average Bonchev–Trinajstić information content (AvgIpc) is 3.18. The maximum Gasteiger partial charge on any atom is 0.139 e. The van der Waals surface area contributed by atoms with Gasteiger partial charge in [0.1, 0.15) is 5.82 Å². The van der Waals surface area contributed by atoms with Crippen LogP contribution in [0.1, 0.15) is 0 Å². The fourth-order valence-electron chi connectivity index (χ4n) is 2.62. The Balaban J connectivity index is 1.85. The van der Waals surface area contributed by atoms with E-state index in [0.29, 0.717) is 0 Å². The summed E-state index contributed by atoms with van der Waals surface area (Å²) in [5, 5.41) is 8.75. The van der Waals surface area contributed by atoms with Crippen LogP contribution in [0, 0.1) is 0 Å². The molecule has 0 aliphatic heterocycles. The van der Waals surface area contributed by atoms with Gasteiger partial charge in [-0.2, -0.15) is 11.3 Å². The van der Waals surface area contributed by atoms with Gasteiger partial charge >= 0.3 is 0 Å². The molecule has 108 valence electrons. The molecule has 4 aromatic rings. The monoisotopic (exact) mass is 306 g/mol. The molecule has 0 bridgehead atoms. The Morgan fingerprint density at radius 2 is 1.95 bits per heavy atom. The van der Waals surface area contributed by atoms with Crippen LogP contribution in [-0.4, -0.2) is 14.5 Å². The minimum absolute atomic E-state index is 0.862. The quantitative estimate of drug-likeness (QED) is 0.608. The summed E-state index contributed by atoms with van der Waals surface area (Å²) in [5.41, 5.74) is 4.57. The largest absolute Gasteiger partial charge is 0.343 e. The first-order valence-electron chi connectivity index (χ1n) is 6.97. The number of hydrogen-bond acceptors (Lipinski definition) is 4. The highest BCUT2D eigenvalue weighted by atomic mass is 32.1. The first-order valence-corrected chi connectivity index (χ1v) is 7.91. The molecule has 0 aliphatic rings. The van der Waals surface area contributed by atoms with Crippen molar-refractivity contribution in [3.63, 3.8) is 0 Å². The van der Waals surface area contributed by atoms with Crippen molar-refractivity contribution in [1.82, 2.24) is 14.5 Å². The van der Waals surface area contributed by atoms with Crippen molar-refractivity contribution in [2.75, 3.05) is 5.32 Å². The number of nitrogens with zero attached hydrogens (tertiary/aromatic N) is 3. The number of aryl methyl sites for hydroxylation is 1. The molecule has 0 aromatic carbocycles. The molecular weight excluding hydrogens is 292 g/mol. The first kappa shape index (κ1) is 13.0. The van der Waals surface area contributed by atoms with Gasteiger partial charge in [0.15, 0.2) is 0 Å². The predicted molar refractivity (Wildman–Crippen MR) is 91.5 cm³/mol. The third-order valence-electron chi connectivity index (χ3n) is 3.73. The van der Waals surface area contributed by atoms with E-state index >= 15 is 0 Å². The Bertz CT molecular complexity index is 911. The minimum Gasteiger partial charge on any atom is -0.343 e. The summed E-state index contributed by atoms with van der Waals surface area (Å²) in [6.45, 7) is 0. The maximum absolute atomic E-state index is 4.50. The zero-order chi connectivity index (χ0) is 14.9. The Morgan fingerprint density at radius 3 is 2.73 bits per heavy atom. The highest BCUT2D eigenvalue weighted by molar-refractivity contribution is 7.08. The van der Waals surface area contributed by atoms with Crippen molar-refractivity contribution < 1.29 is 0 Å². The van der Waals surface area contributed by atoms with E-state index < -0.39 is 0 Å². The summed E-state index contributed by atoms with van der Waals surface area (Å²) in [6.07, 6.45) is 5.37. The molecule has 0 unspecified atom stereocenters. The molecule has 4 rings (SSSR count). The summed E-state index contributed by atoms with van der Waals surface area (Å²) in [4.78, 5) is 8.53. The SMILES string of the molecule is Cn1c(-c2ccsc2)cc2c(Nc3ccncc3)nccc21. The molecule has 4 aromatic heterocycles. The van der Waals surface area contributed by atoms with E-state index in [4.69, 9.17) is 0 Å². The fourth-order valence-corrected chi connectivity index (χ4v) is 3.27. The van der Waals surface area contributed by atoms with Gasteiger partial charge < -0.3 is 9.88 Å². The molecule has 0 saturated heterocycles. The van der Waals surface area contributed by atoms with Crippen LogP contribution in [0.2, 0.25) is 0 Å². The summed E-state index contributed by atoms with van der Waals surface area (Å²) in [7, 11) is 2.09. The number of pyridine rings is 2. The van der Waals surface area contributed by atoms with Gasteiger partial charge in [-0.05, 0) is 35.7 Å². The van der Waals surface area contributed by atoms with Crippen LogP contribution in [-0.2, 0) is 7.05 Å².